The second-order valence-electron chi connectivity index (χ2n) is 6.76. The molecule has 27 heavy (non-hydrogen) atoms. The molecule has 1 N–H and O–H groups in total. The minimum absolute atomic E-state index is 0.00838. The molecule has 5 nitrogen and oxygen atoms in total. The van der Waals surface area contributed by atoms with E-state index in [0.29, 0.717) is 18.5 Å². The van der Waals surface area contributed by atoms with Gasteiger partial charge in [-0.2, -0.15) is 13.2 Å². The van der Waals surface area contributed by atoms with Crippen LogP contribution in [0.5, 0.6) is 0 Å². The predicted molar refractivity (Wildman–Crippen MR) is 94.2 cm³/mol. The number of hydrogen-bond acceptors (Lipinski definition) is 3. The summed E-state index contributed by atoms with van der Waals surface area (Å²) in [6.45, 7) is 0.255. The summed E-state index contributed by atoms with van der Waals surface area (Å²) < 4.78 is 41.1. The van der Waals surface area contributed by atoms with E-state index in [1.807, 2.05) is 0 Å². The quantitative estimate of drug-likeness (QED) is 0.883. The first-order valence-electron chi connectivity index (χ1n) is 8.82. The first-order chi connectivity index (χ1) is 12.8. The molecule has 1 heterocycles. The van der Waals surface area contributed by atoms with Crippen molar-refractivity contribution in [2.45, 2.75) is 38.4 Å². The van der Waals surface area contributed by atoms with Gasteiger partial charge in [-0.05, 0) is 36.6 Å². The van der Waals surface area contributed by atoms with E-state index in [1.165, 1.54) is 10.8 Å². The van der Waals surface area contributed by atoms with Crippen molar-refractivity contribution < 1.29 is 18.0 Å². The van der Waals surface area contributed by atoms with Gasteiger partial charge < -0.3 is 5.32 Å². The lowest BCUT2D eigenvalue weighted by Gasteiger charge is -2.32. The molecule has 1 amide bonds. The van der Waals surface area contributed by atoms with E-state index in [1.54, 1.807) is 36.5 Å². The summed E-state index contributed by atoms with van der Waals surface area (Å²) >= 11 is 0. The van der Waals surface area contributed by atoms with Crippen LogP contribution in [0.1, 0.15) is 31.2 Å². The minimum Gasteiger partial charge on any atom is -0.326 e. The van der Waals surface area contributed by atoms with Crippen molar-refractivity contribution in [3.8, 4) is 0 Å². The number of anilines is 1. The molecule has 1 aromatic heterocycles. The minimum atomic E-state index is -4.37. The first kappa shape index (κ1) is 19.1. The van der Waals surface area contributed by atoms with E-state index < -0.39 is 29.6 Å². The maximum atomic E-state index is 13.2. The Balaban J connectivity index is 1.73. The molecule has 2 aromatic rings. The standard InChI is InChI=1S/C19H20F3N3O2/c20-19(21,22)16-8-2-1-7-15(16)17(26)24-14-6-3-5-13(11-14)12-25-10-4-9-23-18(25)27/h3-6,9-11,15-16H,1-2,7-8,12H2,(H,24,26)/t15-,16-/m0/s1. The van der Waals surface area contributed by atoms with Gasteiger partial charge in [0, 0.05) is 24.0 Å². The summed E-state index contributed by atoms with van der Waals surface area (Å²) in [5.41, 5.74) is 0.752. The molecule has 0 saturated heterocycles. The third-order valence-corrected chi connectivity index (χ3v) is 4.85. The molecular formula is C19H20F3N3O2. The van der Waals surface area contributed by atoms with Gasteiger partial charge in [0.2, 0.25) is 5.91 Å². The molecule has 0 unspecified atom stereocenters. The van der Waals surface area contributed by atoms with Gasteiger partial charge >= 0.3 is 11.9 Å². The van der Waals surface area contributed by atoms with E-state index in [2.05, 4.69) is 10.3 Å². The topological polar surface area (TPSA) is 64.0 Å². The van der Waals surface area contributed by atoms with Crippen molar-refractivity contribution in [1.82, 2.24) is 9.55 Å². The van der Waals surface area contributed by atoms with E-state index in [0.717, 1.165) is 5.56 Å². The molecule has 0 aliphatic heterocycles. The van der Waals surface area contributed by atoms with Crippen LogP contribution in [0.15, 0.2) is 47.5 Å². The van der Waals surface area contributed by atoms with E-state index >= 15 is 0 Å². The lowest BCUT2D eigenvalue weighted by atomic mass is 9.78. The molecule has 0 spiro atoms. The van der Waals surface area contributed by atoms with Gasteiger partial charge in [-0.25, -0.2) is 9.78 Å². The number of carbonyl (C=O) groups excluding carboxylic acids is 1. The second-order valence-corrected chi connectivity index (χ2v) is 6.76. The highest BCUT2D eigenvalue weighted by molar-refractivity contribution is 5.92. The Labute approximate surface area is 154 Å². The number of rotatable bonds is 4. The zero-order chi connectivity index (χ0) is 19.4. The number of aromatic nitrogens is 2. The van der Waals surface area contributed by atoms with E-state index in [9.17, 15) is 22.8 Å². The summed E-state index contributed by atoms with van der Waals surface area (Å²) in [4.78, 5) is 27.8. The molecule has 1 aliphatic carbocycles. The maximum absolute atomic E-state index is 13.2. The van der Waals surface area contributed by atoms with Crippen molar-refractivity contribution in [2.24, 2.45) is 11.8 Å². The zero-order valence-corrected chi connectivity index (χ0v) is 14.6. The number of nitrogens with one attached hydrogen (secondary N) is 1. The van der Waals surface area contributed by atoms with Gasteiger partial charge in [0.1, 0.15) is 0 Å². The Morgan fingerprint density at radius 1 is 1.22 bits per heavy atom. The Morgan fingerprint density at radius 2 is 2.00 bits per heavy atom. The monoisotopic (exact) mass is 379 g/mol. The van der Waals surface area contributed by atoms with E-state index in [-0.39, 0.29) is 19.4 Å². The Kier molecular flexibility index (Phi) is 5.62. The Bertz CT molecular complexity index is 864. The highest BCUT2D eigenvalue weighted by atomic mass is 19.4. The lowest BCUT2D eigenvalue weighted by Crippen LogP contribution is -2.39. The molecule has 1 saturated carbocycles. The molecule has 1 aromatic carbocycles. The number of benzene rings is 1. The normalized spacial score (nSPS) is 20.3. The molecule has 144 valence electrons. The van der Waals surface area contributed by atoms with Crippen molar-refractivity contribution in [1.29, 1.82) is 0 Å². The van der Waals surface area contributed by atoms with Crippen molar-refractivity contribution in [2.75, 3.05) is 5.32 Å². The van der Waals surface area contributed by atoms with Gasteiger partial charge in [-0.15, -0.1) is 0 Å². The summed E-state index contributed by atoms with van der Waals surface area (Å²) in [5.74, 6) is -3.26. The van der Waals surface area contributed by atoms with Crippen molar-refractivity contribution >= 4 is 11.6 Å². The lowest BCUT2D eigenvalue weighted by molar-refractivity contribution is -0.197. The van der Waals surface area contributed by atoms with Gasteiger partial charge in [-0.1, -0.05) is 25.0 Å². The number of alkyl halides is 3. The molecule has 3 rings (SSSR count). The number of carbonyl (C=O) groups is 1. The molecule has 0 radical (unpaired) electrons. The Hall–Kier alpha value is -2.64. The van der Waals surface area contributed by atoms with Crippen molar-refractivity contribution in [3.63, 3.8) is 0 Å². The summed E-state index contributed by atoms with van der Waals surface area (Å²) in [6.07, 6.45) is -0.0384. The van der Waals surface area contributed by atoms with Crippen molar-refractivity contribution in [3.05, 3.63) is 58.8 Å². The third-order valence-electron chi connectivity index (χ3n) is 4.85. The summed E-state index contributed by atoms with van der Waals surface area (Å²) in [5, 5.41) is 2.61. The summed E-state index contributed by atoms with van der Waals surface area (Å²) in [6, 6.07) is 8.37. The highest BCUT2D eigenvalue weighted by Gasteiger charge is 2.48. The maximum Gasteiger partial charge on any atom is 0.392 e. The summed E-state index contributed by atoms with van der Waals surface area (Å²) in [7, 11) is 0. The number of amides is 1. The predicted octanol–water partition coefficient (Wildman–Crippen LogP) is 3.60. The van der Waals surface area contributed by atoms with Gasteiger partial charge in [0.05, 0.1) is 12.5 Å². The van der Waals surface area contributed by atoms with Gasteiger partial charge in [0.15, 0.2) is 0 Å². The first-order valence-corrected chi connectivity index (χ1v) is 8.82. The molecule has 2 atom stereocenters. The fourth-order valence-electron chi connectivity index (χ4n) is 3.52. The van der Waals surface area contributed by atoms with Crippen LogP contribution in [0.4, 0.5) is 18.9 Å². The van der Waals surface area contributed by atoms with E-state index in [4.69, 9.17) is 0 Å². The highest BCUT2D eigenvalue weighted by Crippen LogP contribution is 2.41. The number of halogens is 3. The van der Waals surface area contributed by atoms with Crippen LogP contribution >= 0.6 is 0 Å². The number of hydrogen-bond donors (Lipinski definition) is 1. The Morgan fingerprint density at radius 3 is 2.74 bits per heavy atom. The van der Waals surface area contributed by atoms with Gasteiger partial charge in [-0.3, -0.25) is 9.36 Å². The van der Waals surface area contributed by atoms with Crippen LogP contribution in [0, 0.1) is 11.8 Å². The fraction of sp³-hybridized carbons (Fsp3) is 0.421. The SMILES string of the molecule is O=C(Nc1cccc(Cn2cccnc2=O)c1)[C@H]1CCCC[C@@H]1C(F)(F)F. The van der Waals surface area contributed by atoms with Crippen LogP contribution in [0.25, 0.3) is 0 Å². The molecule has 0 bridgehead atoms. The third kappa shape index (κ3) is 4.75. The van der Waals surface area contributed by atoms with Crippen LogP contribution in [-0.2, 0) is 11.3 Å². The fourth-order valence-corrected chi connectivity index (χ4v) is 3.52. The second kappa shape index (κ2) is 7.94. The molecular weight excluding hydrogens is 359 g/mol. The largest absolute Gasteiger partial charge is 0.392 e. The average Bonchev–Trinajstić information content (AvgIpc) is 2.63. The van der Waals surface area contributed by atoms with Crippen LogP contribution in [-0.4, -0.2) is 21.6 Å². The molecule has 1 fully saturated rings. The van der Waals surface area contributed by atoms with Gasteiger partial charge in [0.25, 0.3) is 0 Å². The smallest absolute Gasteiger partial charge is 0.326 e. The average molecular weight is 379 g/mol. The zero-order valence-electron chi connectivity index (χ0n) is 14.6. The van der Waals surface area contributed by atoms with Crippen LogP contribution in [0.2, 0.25) is 0 Å². The molecule has 8 heteroatoms. The van der Waals surface area contributed by atoms with Crippen LogP contribution < -0.4 is 11.0 Å². The van der Waals surface area contributed by atoms with Crippen LogP contribution in [0.3, 0.4) is 0 Å². The number of nitrogens with zero attached hydrogens (tertiary/aromatic N) is 2. The molecule has 1 aliphatic rings.